The van der Waals surface area contributed by atoms with Gasteiger partial charge in [0, 0.05) is 38.1 Å². The molecule has 0 atom stereocenters. The summed E-state index contributed by atoms with van der Waals surface area (Å²) in [4.78, 5) is 54.5. The number of aryl methyl sites for hydroxylation is 1. The highest BCUT2D eigenvalue weighted by atomic mass is 35.5. The highest BCUT2D eigenvalue weighted by Gasteiger charge is 2.24. The van der Waals surface area contributed by atoms with E-state index in [0.717, 1.165) is 10.1 Å². The number of halogens is 1. The molecule has 2 aromatic carbocycles. The molecule has 0 N–H and O–H groups in total. The molecule has 0 aliphatic carbocycles. The molecule has 1 aliphatic heterocycles. The van der Waals surface area contributed by atoms with Gasteiger partial charge in [-0.1, -0.05) is 29.8 Å². The molecule has 0 saturated carbocycles. The number of carbonyl (C=O) groups excluding carboxylic acids is 2. The zero-order valence-electron chi connectivity index (χ0n) is 17.9. The quantitative estimate of drug-likeness (QED) is 0.604. The molecule has 8 nitrogen and oxygen atoms in total. The molecule has 1 fully saturated rings. The highest BCUT2D eigenvalue weighted by Crippen LogP contribution is 2.19. The van der Waals surface area contributed by atoms with Gasteiger partial charge >= 0.3 is 5.69 Å². The summed E-state index contributed by atoms with van der Waals surface area (Å²) < 4.78 is 2.37. The Labute approximate surface area is 189 Å². The summed E-state index contributed by atoms with van der Waals surface area (Å²) in [6, 6.07) is 11.7. The Kier molecular flexibility index (Phi) is 5.88. The topological polar surface area (TPSA) is 84.6 Å². The third kappa shape index (κ3) is 3.93. The van der Waals surface area contributed by atoms with Crippen LogP contribution in [0.4, 0.5) is 0 Å². The summed E-state index contributed by atoms with van der Waals surface area (Å²) in [6.45, 7) is 4.84. The van der Waals surface area contributed by atoms with Crippen LogP contribution in [0.15, 0.2) is 52.1 Å². The van der Waals surface area contributed by atoms with Gasteiger partial charge in [0.05, 0.1) is 16.6 Å². The van der Waals surface area contributed by atoms with Crippen LogP contribution in [-0.4, -0.2) is 56.9 Å². The molecule has 0 spiro atoms. The fourth-order valence-electron chi connectivity index (χ4n) is 3.93. The highest BCUT2D eigenvalue weighted by molar-refractivity contribution is 6.31. The molecule has 0 radical (unpaired) electrons. The van der Waals surface area contributed by atoms with Crippen LogP contribution >= 0.6 is 11.6 Å². The Morgan fingerprint density at radius 3 is 2.28 bits per heavy atom. The van der Waals surface area contributed by atoms with E-state index in [4.69, 9.17) is 11.6 Å². The Balaban J connectivity index is 1.77. The third-order valence-corrected chi connectivity index (χ3v) is 6.24. The van der Waals surface area contributed by atoms with Crippen molar-refractivity contribution in [2.75, 3.05) is 26.2 Å². The summed E-state index contributed by atoms with van der Waals surface area (Å²) in [6.07, 6.45) is 0. The average Bonchev–Trinajstić information content (AvgIpc) is 2.79. The minimum Gasteiger partial charge on any atom is -0.339 e. The third-order valence-electron chi connectivity index (χ3n) is 5.84. The fraction of sp³-hybridized carbons (Fsp3) is 0.304. The van der Waals surface area contributed by atoms with E-state index in [9.17, 15) is 19.2 Å². The Bertz CT molecular complexity index is 1340. The van der Waals surface area contributed by atoms with Gasteiger partial charge in [0.1, 0.15) is 6.54 Å². The average molecular weight is 455 g/mol. The lowest BCUT2D eigenvalue weighted by Crippen LogP contribution is -2.51. The monoisotopic (exact) mass is 454 g/mol. The zero-order valence-corrected chi connectivity index (χ0v) is 18.6. The first-order valence-corrected chi connectivity index (χ1v) is 10.7. The summed E-state index contributed by atoms with van der Waals surface area (Å²) in [5.41, 5.74) is 0.489. The number of aromatic nitrogens is 2. The number of benzene rings is 2. The van der Waals surface area contributed by atoms with E-state index < -0.39 is 11.2 Å². The summed E-state index contributed by atoms with van der Waals surface area (Å²) in [5, 5.41) is 0.769. The molecule has 166 valence electrons. The molecule has 2 amide bonds. The van der Waals surface area contributed by atoms with Gasteiger partial charge in [-0.2, -0.15) is 0 Å². The standard InChI is InChI=1S/C23H23ClN4O4/c1-15-7-8-17(13-19(15)24)28-22(31)18-5-3-4-6-20(18)27(23(28)32)14-21(30)26-11-9-25(10-12-26)16(2)29/h3-8,13H,9-12,14H2,1-2H3. The van der Waals surface area contributed by atoms with Crippen molar-refractivity contribution >= 4 is 34.3 Å². The smallest absolute Gasteiger partial charge is 0.336 e. The van der Waals surface area contributed by atoms with Crippen molar-refractivity contribution < 1.29 is 9.59 Å². The van der Waals surface area contributed by atoms with Gasteiger partial charge < -0.3 is 9.80 Å². The molecule has 9 heteroatoms. The normalized spacial score (nSPS) is 14.1. The second-order valence-corrected chi connectivity index (χ2v) is 8.25. The molecule has 0 unspecified atom stereocenters. The maximum Gasteiger partial charge on any atom is 0.336 e. The molecule has 32 heavy (non-hydrogen) atoms. The molecular weight excluding hydrogens is 432 g/mol. The summed E-state index contributed by atoms with van der Waals surface area (Å²) in [5.74, 6) is -0.268. The van der Waals surface area contributed by atoms with Crippen molar-refractivity contribution in [2.24, 2.45) is 0 Å². The zero-order chi connectivity index (χ0) is 23.0. The first kappa shape index (κ1) is 21.8. The predicted octanol–water partition coefficient (Wildman–Crippen LogP) is 1.80. The van der Waals surface area contributed by atoms with Crippen molar-refractivity contribution in [3.8, 4) is 5.69 Å². The van der Waals surface area contributed by atoms with E-state index in [0.29, 0.717) is 47.8 Å². The maximum atomic E-state index is 13.4. The Morgan fingerprint density at radius 2 is 1.62 bits per heavy atom. The first-order chi connectivity index (χ1) is 15.3. The number of carbonyl (C=O) groups is 2. The maximum absolute atomic E-state index is 13.4. The SMILES string of the molecule is CC(=O)N1CCN(C(=O)Cn2c(=O)n(-c3ccc(C)c(Cl)c3)c(=O)c3ccccc32)CC1. The van der Waals surface area contributed by atoms with E-state index in [-0.39, 0.29) is 18.4 Å². The minimum atomic E-state index is -0.607. The van der Waals surface area contributed by atoms with E-state index in [1.807, 2.05) is 6.92 Å². The number of para-hydroxylation sites is 1. The van der Waals surface area contributed by atoms with Gasteiger partial charge in [-0.05, 0) is 36.8 Å². The van der Waals surface area contributed by atoms with Crippen LogP contribution < -0.4 is 11.2 Å². The molecule has 1 aromatic heterocycles. The molecule has 3 aromatic rings. The lowest BCUT2D eigenvalue weighted by Gasteiger charge is -2.34. The van der Waals surface area contributed by atoms with Crippen LogP contribution in [0.2, 0.25) is 5.02 Å². The van der Waals surface area contributed by atoms with Gasteiger partial charge in [-0.3, -0.25) is 19.0 Å². The van der Waals surface area contributed by atoms with Gasteiger partial charge in [-0.15, -0.1) is 0 Å². The lowest BCUT2D eigenvalue weighted by molar-refractivity contribution is -0.138. The summed E-state index contributed by atoms with van der Waals surface area (Å²) in [7, 11) is 0. The molecule has 1 saturated heterocycles. The minimum absolute atomic E-state index is 0.0249. The van der Waals surface area contributed by atoms with Crippen LogP contribution in [0, 0.1) is 6.92 Å². The first-order valence-electron chi connectivity index (χ1n) is 10.3. The van der Waals surface area contributed by atoms with Crippen molar-refractivity contribution in [3.05, 3.63) is 73.9 Å². The van der Waals surface area contributed by atoms with Crippen molar-refractivity contribution in [1.29, 1.82) is 0 Å². The van der Waals surface area contributed by atoms with Crippen LogP contribution in [0.1, 0.15) is 12.5 Å². The number of piperazine rings is 1. The van der Waals surface area contributed by atoms with Crippen LogP contribution in [-0.2, 0) is 16.1 Å². The largest absolute Gasteiger partial charge is 0.339 e. The van der Waals surface area contributed by atoms with E-state index in [2.05, 4.69) is 0 Å². The van der Waals surface area contributed by atoms with Gasteiger partial charge in [0.15, 0.2) is 0 Å². The second kappa shape index (κ2) is 8.63. The van der Waals surface area contributed by atoms with Crippen molar-refractivity contribution in [1.82, 2.24) is 18.9 Å². The fourth-order valence-corrected chi connectivity index (χ4v) is 4.10. The number of hydrogen-bond acceptors (Lipinski definition) is 4. The molecule has 2 heterocycles. The number of rotatable bonds is 3. The van der Waals surface area contributed by atoms with Gasteiger partial charge in [0.25, 0.3) is 5.56 Å². The number of nitrogens with zero attached hydrogens (tertiary/aromatic N) is 4. The molecule has 0 bridgehead atoms. The van der Waals surface area contributed by atoms with Crippen molar-refractivity contribution in [2.45, 2.75) is 20.4 Å². The van der Waals surface area contributed by atoms with Gasteiger partial charge in [0.2, 0.25) is 11.8 Å². The van der Waals surface area contributed by atoms with Crippen LogP contribution in [0.25, 0.3) is 16.6 Å². The van der Waals surface area contributed by atoms with E-state index in [1.165, 1.54) is 11.5 Å². The van der Waals surface area contributed by atoms with Crippen LogP contribution in [0.3, 0.4) is 0 Å². The second-order valence-electron chi connectivity index (χ2n) is 7.85. The van der Waals surface area contributed by atoms with E-state index in [1.54, 1.807) is 52.3 Å². The van der Waals surface area contributed by atoms with Gasteiger partial charge in [-0.25, -0.2) is 9.36 Å². The molecular formula is C23H23ClN4O4. The number of fused-ring (bicyclic) bond motifs is 1. The summed E-state index contributed by atoms with van der Waals surface area (Å²) >= 11 is 6.23. The van der Waals surface area contributed by atoms with Crippen LogP contribution in [0.5, 0.6) is 0 Å². The molecule has 4 rings (SSSR count). The number of hydrogen-bond donors (Lipinski definition) is 0. The van der Waals surface area contributed by atoms with E-state index >= 15 is 0 Å². The Hall–Kier alpha value is -3.39. The van der Waals surface area contributed by atoms with Crippen molar-refractivity contribution in [3.63, 3.8) is 0 Å². The lowest BCUT2D eigenvalue weighted by atomic mass is 10.2. The molecule has 1 aliphatic rings. The predicted molar refractivity (Wildman–Crippen MR) is 122 cm³/mol. The number of amides is 2. The Morgan fingerprint density at radius 1 is 0.969 bits per heavy atom.